The summed E-state index contributed by atoms with van der Waals surface area (Å²) in [5.74, 6) is 0.217. The van der Waals surface area contributed by atoms with Crippen LogP contribution in [0.25, 0.3) is 0 Å². The standard InChI is InChI=1S/C23H23Cl2N5O2S/c1-4-10-30-21(15(3)26-22(32)16-6-5-7-17(24)11-16)28-29-23(30)33-13-20(31)27-19-12-18(25)9-8-14(19)2/h4-9,11-12,15H,1,10,13H2,2-3H3,(H,26,32)(H,27,31). The summed E-state index contributed by atoms with van der Waals surface area (Å²) in [7, 11) is 0. The summed E-state index contributed by atoms with van der Waals surface area (Å²) in [5.41, 5.74) is 2.03. The number of nitrogens with zero attached hydrogens (tertiary/aromatic N) is 3. The fraction of sp³-hybridized carbons (Fsp3) is 0.217. The van der Waals surface area contributed by atoms with Crippen molar-refractivity contribution >= 4 is 52.5 Å². The molecule has 1 unspecified atom stereocenters. The van der Waals surface area contributed by atoms with Crippen LogP contribution in [-0.2, 0) is 11.3 Å². The highest BCUT2D eigenvalue weighted by Crippen LogP contribution is 2.23. The number of allylic oxidation sites excluding steroid dienone is 1. The Labute approximate surface area is 206 Å². The summed E-state index contributed by atoms with van der Waals surface area (Å²) in [6, 6.07) is 11.6. The van der Waals surface area contributed by atoms with Crippen LogP contribution in [0.4, 0.5) is 5.69 Å². The van der Waals surface area contributed by atoms with Crippen molar-refractivity contribution in [2.45, 2.75) is 31.6 Å². The molecule has 0 aliphatic heterocycles. The van der Waals surface area contributed by atoms with Gasteiger partial charge in [0.1, 0.15) is 0 Å². The first-order valence-electron chi connectivity index (χ1n) is 10.1. The van der Waals surface area contributed by atoms with Crippen molar-refractivity contribution in [3.8, 4) is 0 Å². The SMILES string of the molecule is C=CCn1c(SCC(=O)Nc2cc(Cl)ccc2C)nnc1C(C)NC(=O)c1cccc(Cl)c1. The predicted molar refractivity (Wildman–Crippen MR) is 133 cm³/mol. The van der Waals surface area contributed by atoms with E-state index in [1.54, 1.807) is 42.5 Å². The number of thioether (sulfide) groups is 1. The van der Waals surface area contributed by atoms with E-state index in [0.29, 0.717) is 38.8 Å². The molecule has 3 rings (SSSR count). The van der Waals surface area contributed by atoms with Crippen LogP contribution in [-0.4, -0.2) is 32.3 Å². The quantitative estimate of drug-likeness (QED) is 0.305. The van der Waals surface area contributed by atoms with E-state index >= 15 is 0 Å². The minimum atomic E-state index is -0.429. The lowest BCUT2D eigenvalue weighted by Crippen LogP contribution is -2.28. The van der Waals surface area contributed by atoms with Gasteiger partial charge in [-0.25, -0.2) is 0 Å². The third-order valence-corrected chi connectivity index (χ3v) is 6.12. The number of benzene rings is 2. The van der Waals surface area contributed by atoms with Crippen LogP contribution in [0.1, 0.15) is 34.7 Å². The summed E-state index contributed by atoms with van der Waals surface area (Å²) >= 11 is 13.2. The van der Waals surface area contributed by atoms with Crippen molar-refractivity contribution in [3.05, 3.63) is 82.1 Å². The van der Waals surface area contributed by atoms with Gasteiger partial charge in [-0.15, -0.1) is 16.8 Å². The summed E-state index contributed by atoms with van der Waals surface area (Å²) < 4.78 is 1.82. The molecule has 10 heteroatoms. The summed E-state index contributed by atoms with van der Waals surface area (Å²) in [6.45, 7) is 7.92. The monoisotopic (exact) mass is 503 g/mol. The highest BCUT2D eigenvalue weighted by molar-refractivity contribution is 7.99. The van der Waals surface area contributed by atoms with Crippen molar-refractivity contribution in [2.24, 2.45) is 0 Å². The molecule has 33 heavy (non-hydrogen) atoms. The Hall–Kier alpha value is -2.81. The first kappa shape index (κ1) is 24.8. The van der Waals surface area contributed by atoms with E-state index in [1.807, 2.05) is 24.5 Å². The van der Waals surface area contributed by atoms with E-state index in [1.165, 1.54) is 11.8 Å². The van der Waals surface area contributed by atoms with Gasteiger partial charge in [-0.1, -0.05) is 53.2 Å². The molecule has 2 amide bonds. The molecular formula is C23H23Cl2N5O2S. The number of anilines is 1. The molecule has 0 aliphatic carbocycles. The van der Waals surface area contributed by atoms with Crippen LogP contribution >= 0.6 is 35.0 Å². The van der Waals surface area contributed by atoms with Gasteiger partial charge in [0.25, 0.3) is 5.91 Å². The zero-order chi connectivity index (χ0) is 24.0. The van der Waals surface area contributed by atoms with Crippen molar-refractivity contribution in [1.29, 1.82) is 0 Å². The average molecular weight is 504 g/mol. The van der Waals surface area contributed by atoms with E-state index in [4.69, 9.17) is 23.2 Å². The van der Waals surface area contributed by atoms with E-state index in [0.717, 1.165) is 5.56 Å². The molecule has 2 N–H and O–H groups in total. The molecular weight excluding hydrogens is 481 g/mol. The number of hydrogen-bond acceptors (Lipinski definition) is 5. The Kier molecular flexibility index (Phi) is 8.55. The predicted octanol–water partition coefficient (Wildman–Crippen LogP) is 5.30. The van der Waals surface area contributed by atoms with E-state index < -0.39 is 6.04 Å². The molecule has 0 spiro atoms. The largest absolute Gasteiger partial charge is 0.342 e. The molecule has 0 saturated heterocycles. The van der Waals surface area contributed by atoms with Gasteiger partial charge in [-0.05, 0) is 49.7 Å². The van der Waals surface area contributed by atoms with Gasteiger partial charge in [-0.2, -0.15) is 0 Å². The summed E-state index contributed by atoms with van der Waals surface area (Å²) in [4.78, 5) is 25.1. The number of nitrogens with one attached hydrogen (secondary N) is 2. The molecule has 0 radical (unpaired) electrons. The van der Waals surface area contributed by atoms with Crippen molar-refractivity contribution in [3.63, 3.8) is 0 Å². The molecule has 2 aromatic carbocycles. The van der Waals surface area contributed by atoms with Crippen molar-refractivity contribution < 1.29 is 9.59 Å². The van der Waals surface area contributed by atoms with Crippen LogP contribution in [0.5, 0.6) is 0 Å². The second-order valence-electron chi connectivity index (χ2n) is 7.24. The normalized spacial score (nSPS) is 11.6. The maximum Gasteiger partial charge on any atom is 0.251 e. The second-order valence-corrected chi connectivity index (χ2v) is 9.06. The lowest BCUT2D eigenvalue weighted by molar-refractivity contribution is -0.113. The fourth-order valence-corrected chi connectivity index (χ4v) is 4.16. The minimum Gasteiger partial charge on any atom is -0.342 e. The van der Waals surface area contributed by atoms with Gasteiger partial charge in [-0.3, -0.25) is 9.59 Å². The first-order chi connectivity index (χ1) is 15.8. The number of carbonyl (C=O) groups is 2. The molecule has 172 valence electrons. The number of halogens is 2. The first-order valence-corrected chi connectivity index (χ1v) is 11.8. The minimum absolute atomic E-state index is 0.129. The Morgan fingerprint density at radius 2 is 1.94 bits per heavy atom. The third-order valence-electron chi connectivity index (χ3n) is 4.68. The van der Waals surface area contributed by atoms with Gasteiger partial charge in [0, 0.05) is 27.8 Å². The number of amides is 2. The van der Waals surface area contributed by atoms with Crippen LogP contribution in [0.2, 0.25) is 10.0 Å². The maximum atomic E-state index is 12.6. The Balaban J connectivity index is 1.68. The van der Waals surface area contributed by atoms with Gasteiger partial charge in [0.05, 0.1) is 11.8 Å². The molecule has 7 nitrogen and oxygen atoms in total. The van der Waals surface area contributed by atoms with Crippen LogP contribution in [0.3, 0.4) is 0 Å². The Morgan fingerprint density at radius 3 is 2.67 bits per heavy atom. The summed E-state index contributed by atoms with van der Waals surface area (Å²) in [5, 5.41) is 15.8. The van der Waals surface area contributed by atoms with E-state index in [-0.39, 0.29) is 17.6 Å². The van der Waals surface area contributed by atoms with Gasteiger partial charge in [0.15, 0.2) is 11.0 Å². The lowest BCUT2D eigenvalue weighted by atomic mass is 10.2. The highest BCUT2D eigenvalue weighted by atomic mass is 35.5. The number of rotatable bonds is 9. The van der Waals surface area contributed by atoms with Gasteiger partial charge in [0.2, 0.25) is 5.91 Å². The molecule has 1 atom stereocenters. The van der Waals surface area contributed by atoms with Crippen LogP contribution in [0, 0.1) is 6.92 Å². The van der Waals surface area contributed by atoms with Crippen molar-refractivity contribution in [2.75, 3.05) is 11.1 Å². The van der Waals surface area contributed by atoms with Crippen LogP contribution < -0.4 is 10.6 Å². The number of hydrogen-bond donors (Lipinski definition) is 2. The van der Waals surface area contributed by atoms with E-state index in [9.17, 15) is 9.59 Å². The van der Waals surface area contributed by atoms with Crippen molar-refractivity contribution in [1.82, 2.24) is 20.1 Å². The Bertz CT molecular complexity index is 1180. The van der Waals surface area contributed by atoms with Gasteiger partial charge < -0.3 is 15.2 Å². The molecule has 0 aliphatic rings. The fourth-order valence-electron chi connectivity index (χ4n) is 3.05. The number of carbonyl (C=O) groups excluding carboxylic acids is 2. The number of aromatic nitrogens is 3. The highest BCUT2D eigenvalue weighted by Gasteiger charge is 2.20. The topological polar surface area (TPSA) is 88.9 Å². The zero-order valence-electron chi connectivity index (χ0n) is 18.1. The maximum absolute atomic E-state index is 12.6. The molecule has 0 fully saturated rings. The smallest absolute Gasteiger partial charge is 0.251 e. The molecule has 3 aromatic rings. The summed E-state index contributed by atoms with van der Waals surface area (Å²) in [6.07, 6.45) is 1.71. The number of aryl methyl sites for hydroxylation is 1. The molecule has 1 aromatic heterocycles. The lowest BCUT2D eigenvalue weighted by Gasteiger charge is -2.15. The molecule has 1 heterocycles. The molecule has 0 bridgehead atoms. The van der Waals surface area contributed by atoms with Gasteiger partial charge >= 0.3 is 0 Å². The Morgan fingerprint density at radius 1 is 1.18 bits per heavy atom. The van der Waals surface area contributed by atoms with E-state index in [2.05, 4.69) is 27.4 Å². The molecule has 0 saturated carbocycles. The van der Waals surface area contributed by atoms with Crippen LogP contribution in [0.15, 0.2) is 60.3 Å². The third kappa shape index (κ3) is 6.60. The second kappa shape index (κ2) is 11.4. The zero-order valence-corrected chi connectivity index (χ0v) is 20.5. The average Bonchev–Trinajstić information content (AvgIpc) is 3.18.